The van der Waals surface area contributed by atoms with Crippen molar-refractivity contribution in [2.24, 2.45) is 0 Å². The fourth-order valence-corrected chi connectivity index (χ4v) is 2.46. The molecule has 1 aromatic heterocycles. The number of aromatic nitrogens is 2. The molecule has 0 aliphatic carbocycles. The molecule has 2 aromatic rings. The molecule has 0 N–H and O–H groups in total. The highest BCUT2D eigenvalue weighted by Crippen LogP contribution is 2.20. The van der Waals surface area contributed by atoms with Gasteiger partial charge in [0, 0.05) is 12.6 Å². The molecule has 19 heavy (non-hydrogen) atoms. The number of rotatable bonds is 5. The summed E-state index contributed by atoms with van der Waals surface area (Å²) in [6.07, 6.45) is 4.04. The van der Waals surface area contributed by atoms with E-state index in [-0.39, 0.29) is 0 Å². The van der Waals surface area contributed by atoms with E-state index >= 15 is 0 Å². The molecule has 1 aromatic carbocycles. The van der Waals surface area contributed by atoms with Crippen molar-refractivity contribution in [2.45, 2.75) is 25.4 Å². The molecule has 1 aliphatic heterocycles. The fraction of sp³-hybridized carbons (Fsp3) is 0.429. The van der Waals surface area contributed by atoms with Crippen molar-refractivity contribution in [3.63, 3.8) is 0 Å². The predicted molar refractivity (Wildman–Crippen MR) is 69.7 cm³/mol. The first-order chi connectivity index (χ1) is 9.42. The summed E-state index contributed by atoms with van der Waals surface area (Å²) in [5.41, 5.74) is 0.881. The Morgan fingerprint density at radius 1 is 1.32 bits per heavy atom. The maximum absolute atomic E-state index is 5.84. The van der Waals surface area contributed by atoms with E-state index in [1.54, 1.807) is 6.20 Å². The number of benzene rings is 1. The first-order valence-corrected chi connectivity index (χ1v) is 6.60. The molecule has 3 rings (SSSR count). The van der Waals surface area contributed by atoms with Crippen molar-refractivity contribution < 1.29 is 9.37 Å². The first kappa shape index (κ1) is 12.2. The average Bonchev–Trinajstić information content (AvgIpc) is 3.10. The van der Waals surface area contributed by atoms with E-state index in [0.29, 0.717) is 6.04 Å². The van der Waals surface area contributed by atoms with E-state index < -0.39 is 0 Å². The Bertz CT molecular complexity index is 487. The second-order valence-corrected chi connectivity index (χ2v) is 4.79. The lowest BCUT2D eigenvalue weighted by Crippen LogP contribution is -2.33. The fourth-order valence-electron chi connectivity index (χ4n) is 2.46. The lowest BCUT2D eigenvalue weighted by Gasteiger charge is -2.23. The van der Waals surface area contributed by atoms with Gasteiger partial charge < -0.3 is 4.74 Å². The number of ether oxygens (including phenoxy) is 1. The van der Waals surface area contributed by atoms with E-state index in [2.05, 4.69) is 19.8 Å². The van der Waals surface area contributed by atoms with Crippen LogP contribution in [0, 0.1) is 0 Å². The Morgan fingerprint density at radius 3 is 3.00 bits per heavy atom. The lowest BCUT2D eigenvalue weighted by atomic mass is 10.2. The third-order valence-corrected chi connectivity index (χ3v) is 3.46. The summed E-state index contributed by atoms with van der Waals surface area (Å²) in [6, 6.07) is 10.4. The van der Waals surface area contributed by atoms with Crippen molar-refractivity contribution >= 4 is 0 Å². The number of para-hydroxylation sites is 1. The molecule has 0 unspecified atom stereocenters. The maximum atomic E-state index is 5.84. The minimum Gasteiger partial charge on any atom is -0.492 e. The van der Waals surface area contributed by atoms with Crippen molar-refractivity contribution in [3.8, 4) is 5.75 Å². The molecule has 0 radical (unpaired) electrons. The molecular weight excluding hydrogens is 242 g/mol. The largest absolute Gasteiger partial charge is 0.492 e. The zero-order chi connectivity index (χ0) is 12.9. The monoisotopic (exact) mass is 259 g/mol. The molecule has 0 saturated carbocycles. The molecule has 1 fully saturated rings. The zero-order valence-electron chi connectivity index (χ0n) is 10.7. The van der Waals surface area contributed by atoms with Crippen LogP contribution in [0.25, 0.3) is 0 Å². The Morgan fingerprint density at radius 2 is 2.21 bits per heavy atom. The Balaban J connectivity index is 1.55. The highest BCUT2D eigenvalue weighted by atomic mass is 16.6. The molecule has 1 atom stereocenters. The van der Waals surface area contributed by atoms with Gasteiger partial charge in [0.15, 0.2) is 0 Å². The van der Waals surface area contributed by atoms with E-state index in [9.17, 15) is 0 Å². The van der Waals surface area contributed by atoms with Crippen LogP contribution in [-0.2, 0) is 6.54 Å². The van der Waals surface area contributed by atoms with Gasteiger partial charge in [-0.25, -0.2) is 4.63 Å². The van der Waals surface area contributed by atoms with Gasteiger partial charge in [-0.3, -0.25) is 4.90 Å². The Hall–Kier alpha value is -1.88. The van der Waals surface area contributed by atoms with Crippen molar-refractivity contribution in [1.29, 1.82) is 0 Å². The van der Waals surface area contributed by atoms with Crippen LogP contribution in [0.1, 0.15) is 18.5 Å². The maximum Gasteiger partial charge on any atom is 0.119 e. The average molecular weight is 259 g/mol. The molecule has 1 aliphatic rings. The number of likely N-dealkylation sites (tertiary alicyclic amines) is 1. The van der Waals surface area contributed by atoms with Crippen LogP contribution in [0.3, 0.4) is 0 Å². The van der Waals surface area contributed by atoms with Crippen LogP contribution < -0.4 is 4.74 Å². The van der Waals surface area contributed by atoms with Crippen molar-refractivity contribution in [2.75, 3.05) is 13.2 Å². The summed E-state index contributed by atoms with van der Waals surface area (Å²) in [5, 5.41) is 7.50. The first-order valence-electron chi connectivity index (χ1n) is 6.60. The van der Waals surface area contributed by atoms with Gasteiger partial charge in [0.2, 0.25) is 0 Å². The summed E-state index contributed by atoms with van der Waals surface area (Å²) >= 11 is 0. The summed E-state index contributed by atoms with van der Waals surface area (Å²) < 4.78 is 10.5. The van der Waals surface area contributed by atoms with Crippen LogP contribution in [0.5, 0.6) is 5.75 Å². The topological polar surface area (TPSA) is 51.4 Å². The zero-order valence-corrected chi connectivity index (χ0v) is 10.7. The van der Waals surface area contributed by atoms with Gasteiger partial charge >= 0.3 is 0 Å². The van der Waals surface area contributed by atoms with Crippen LogP contribution >= 0.6 is 0 Å². The van der Waals surface area contributed by atoms with Crippen LogP contribution in [0.4, 0.5) is 0 Å². The van der Waals surface area contributed by atoms with Gasteiger partial charge in [-0.05, 0) is 31.5 Å². The minimum absolute atomic E-state index is 0.442. The van der Waals surface area contributed by atoms with Crippen molar-refractivity contribution in [1.82, 2.24) is 15.2 Å². The normalized spacial score (nSPS) is 19.7. The third-order valence-electron chi connectivity index (χ3n) is 3.46. The van der Waals surface area contributed by atoms with Crippen LogP contribution in [0.15, 0.2) is 41.2 Å². The lowest BCUT2D eigenvalue weighted by molar-refractivity contribution is 0.163. The van der Waals surface area contributed by atoms with E-state index in [1.165, 1.54) is 6.42 Å². The standard InChI is InChI=1S/C14H17N3O2/c1-2-6-14(7-3-1)18-11-13-5-4-8-17(13)10-12-9-15-19-16-12/h1-3,6-7,9,13H,4-5,8,10-11H2/t13-/m0/s1. The van der Waals surface area contributed by atoms with Crippen molar-refractivity contribution in [3.05, 3.63) is 42.2 Å². The molecule has 1 saturated heterocycles. The molecule has 0 amide bonds. The number of nitrogens with zero attached hydrogens (tertiary/aromatic N) is 3. The summed E-state index contributed by atoms with van der Waals surface area (Å²) in [4.78, 5) is 2.38. The second kappa shape index (κ2) is 5.84. The highest BCUT2D eigenvalue weighted by Gasteiger charge is 2.25. The Kier molecular flexibility index (Phi) is 3.74. The van der Waals surface area contributed by atoms with E-state index in [1.807, 2.05) is 30.3 Å². The minimum atomic E-state index is 0.442. The molecule has 100 valence electrons. The number of hydrogen-bond donors (Lipinski definition) is 0. The molecule has 5 heteroatoms. The number of hydrogen-bond acceptors (Lipinski definition) is 5. The van der Waals surface area contributed by atoms with Gasteiger partial charge in [0.05, 0.1) is 6.20 Å². The smallest absolute Gasteiger partial charge is 0.119 e. The van der Waals surface area contributed by atoms with Gasteiger partial charge in [-0.1, -0.05) is 28.5 Å². The van der Waals surface area contributed by atoms with Gasteiger partial charge in [-0.15, -0.1) is 0 Å². The van der Waals surface area contributed by atoms with E-state index in [4.69, 9.17) is 4.74 Å². The van der Waals surface area contributed by atoms with Crippen LogP contribution in [0.2, 0.25) is 0 Å². The molecule has 2 heterocycles. The third kappa shape index (κ3) is 3.12. The van der Waals surface area contributed by atoms with Crippen LogP contribution in [-0.4, -0.2) is 34.4 Å². The predicted octanol–water partition coefficient (Wildman–Crippen LogP) is 2.11. The van der Waals surface area contributed by atoms with Gasteiger partial charge in [0.1, 0.15) is 18.1 Å². The molecular formula is C14H17N3O2. The van der Waals surface area contributed by atoms with Gasteiger partial charge in [0.25, 0.3) is 0 Å². The van der Waals surface area contributed by atoms with E-state index in [0.717, 1.165) is 37.6 Å². The molecule has 0 bridgehead atoms. The highest BCUT2D eigenvalue weighted by molar-refractivity contribution is 5.21. The summed E-state index contributed by atoms with van der Waals surface area (Å²) in [7, 11) is 0. The molecule has 5 nitrogen and oxygen atoms in total. The SMILES string of the molecule is c1ccc(OC[C@@H]2CCCN2Cc2cnon2)cc1. The quantitative estimate of drug-likeness (QED) is 0.823. The van der Waals surface area contributed by atoms with Gasteiger partial charge in [-0.2, -0.15) is 0 Å². The summed E-state index contributed by atoms with van der Waals surface area (Å²) in [6.45, 7) is 2.58. The summed E-state index contributed by atoms with van der Waals surface area (Å²) in [5.74, 6) is 0.928. The second-order valence-electron chi connectivity index (χ2n) is 4.79. The Labute approximate surface area is 112 Å². The molecule has 0 spiro atoms.